The van der Waals surface area contributed by atoms with E-state index in [0.717, 1.165) is 17.7 Å². The number of aromatic nitrogens is 1. The van der Waals surface area contributed by atoms with Crippen LogP contribution in [0.3, 0.4) is 0 Å². The second kappa shape index (κ2) is 13.8. The number of terminal acetylenes is 1. The molecule has 2 rings (SSSR count). The van der Waals surface area contributed by atoms with E-state index in [1.165, 1.54) is 0 Å². The normalized spacial score (nSPS) is 15.9. The standard InChI is InChI=1S/C14H17N2O2.C3H4.C2H6.Re/c1-3-5-11-10(4-2)8-9-16(11)12-6-7-13(17)15-14(12)18;1-3-2;1-2;/h3,5,9,12H,4,6-7H2,1-2H3,(H,15,17,18);1H,2H3;1-2H3;/q-1;;;/b5-3-;;;. The van der Waals surface area contributed by atoms with Crippen LogP contribution in [0.5, 0.6) is 0 Å². The minimum atomic E-state index is -0.301. The molecule has 1 N–H and O–H groups in total. The fourth-order valence-electron chi connectivity index (χ4n) is 2.28. The zero-order chi connectivity index (χ0) is 17.8. The fraction of sp³-hybridized carbons (Fsp3) is 0.474. The summed E-state index contributed by atoms with van der Waals surface area (Å²) in [6.07, 6.45) is 12.2. The molecule has 0 saturated carbocycles. The second-order valence-electron chi connectivity index (χ2n) is 4.65. The Labute approximate surface area is 159 Å². The first-order valence-corrected chi connectivity index (χ1v) is 8.04. The van der Waals surface area contributed by atoms with Crippen LogP contribution in [0.25, 0.3) is 6.08 Å². The van der Waals surface area contributed by atoms with Crippen LogP contribution >= 0.6 is 0 Å². The van der Waals surface area contributed by atoms with Crippen molar-refractivity contribution in [2.24, 2.45) is 0 Å². The van der Waals surface area contributed by atoms with Gasteiger partial charge < -0.3 is 4.57 Å². The van der Waals surface area contributed by atoms with Gasteiger partial charge in [0.05, 0.1) is 6.04 Å². The molecule has 5 heteroatoms. The van der Waals surface area contributed by atoms with E-state index >= 15 is 0 Å². The molecule has 1 fully saturated rings. The molecule has 133 valence electrons. The Hall–Kier alpha value is -1.62. The van der Waals surface area contributed by atoms with Crippen molar-refractivity contribution in [3.63, 3.8) is 0 Å². The fourth-order valence-corrected chi connectivity index (χ4v) is 2.28. The maximum atomic E-state index is 11.9. The first kappa shape index (κ1) is 24.6. The van der Waals surface area contributed by atoms with Gasteiger partial charge in [-0.3, -0.25) is 14.9 Å². The van der Waals surface area contributed by atoms with Crippen LogP contribution in [0.4, 0.5) is 0 Å². The number of aryl methyl sites for hydroxylation is 1. The summed E-state index contributed by atoms with van der Waals surface area (Å²) in [6, 6.07) is 2.88. The third-order valence-corrected chi connectivity index (χ3v) is 3.19. The van der Waals surface area contributed by atoms with Gasteiger partial charge in [-0.25, -0.2) is 6.07 Å². The van der Waals surface area contributed by atoms with E-state index in [1.54, 1.807) is 6.92 Å². The smallest absolute Gasteiger partial charge is 0.248 e. The monoisotopic (exact) mass is 502 g/mol. The molecular formula is C19H27N2O2Re-. The van der Waals surface area contributed by atoms with E-state index in [2.05, 4.69) is 30.7 Å². The van der Waals surface area contributed by atoms with Crippen molar-refractivity contribution in [2.45, 2.75) is 59.9 Å². The number of nitrogens with one attached hydrogen (secondary N) is 1. The van der Waals surface area contributed by atoms with Crippen LogP contribution in [0.1, 0.15) is 64.8 Å². The van der Waals surface area contributed by atoms with Crippen molar-refractivity contribution in [3.8, 4) is 12.3 Å². The van der Waals surface area contributed by atoms with E-state index in [1.807, 2.05) is 43.7 Å². The van der Waals surface area contributed by atoms with Crippen molar-refractivity contribution < 1.29 is 30.0 Å². The van der Waals surface area contributed by atoms with Crippen molar-refractivity contribution >= 4 is 17.9 Å². The van der Waals surface area contributed by atoms with Gasteiger partial charge in [0.1, 0.15) is 0 Å². The van der Waals surface area contributed by atoms with Crippen LogP contribution in [-0.4, -0.2) is 16.4 Å². The molecule has 1 unspecified atom stereocenters. The van der Waals surface area contributed by atoms with Gasteiger partial charge in [0.15, 0.2) is 0 Å². The van der Waals surface area contributed by atoms with Crippen LogP contribution < -0.4 is 5.32 Å². The topological polar surface area (TPSA) is 51.1 Å². The molecule has 1 saturated heterocycles. The second-order valence-corrected chi connectivity index (χ2v) is 4.65. The summed E-state index contributed by atoms with van der Waals surface area (Å²) < 4.78 is 1.92. The summed E-state index contributed by atoms with van der Waals surface area (Å²) >= 11 is 0. The van der Waals surface area contributed by atoms with Crippen molar-refractivity contribution in [1.29, 1.82) is 0 Å². The van der Waals surface area contributed by atoms with Crippen LogP contribution in [0, 0.1) is 18.4 Å². The molecule has 1 aliphatic rings. The Morgan fingerprint density at radius 2 is 2.04 bits per heavy atom. The Morgan fingerprint density at radius 1 is 1.46 bits per heavy atom. The van der Waals surface area contributed by atoms with Gasteiger partial charge in [-0.1, -0.05) is 27.2 Å². The molecule has 2 amide bonds. The van der Waals surface area contributed by atoms with Crippen molar-refractivity contribution in [2.75, 3.05) is 0 Å². The summed E-state index contributed by atoms with van der Waals surface area (Å²) in [7, 11) is 0. The Balaban J connectivity index is 0. The number of piperidine rings is 1. The van der Waals surface area contributed by atoms with Gasteiger partial charge >= 0.3 is 0 Å². The molecule has 0 spiro atoms. The number of rotatable bonds is 3. The minimum absolute atomic E-state index is 0. The Bertz CT molecular complexity index is 583. The Morgan fingerprint density at radius 3 is 2.50 bits per heavy atom. The first-order chi connectivity index (χ1) is 11.1. The van der Waals surface area contributed by atoms with Crippen LogP contribution in [0.15, 0.2) is 12.3 Å². The number of carbonyl (C=O) groups excluding carboxylic acids is 2. The zero-order valence-corrected chi connectivity index (χ0v) is 17.9. The Kier molecular flexibility index (Phi) is 14.2. The van der Waals surface area contributed by atoms with E-state index in [0.29, 0.717) is 12.8 Å². The van der Waals surface area contributed by atoms with Gasteiger partial charge in [0.2, 0.25) is 11.8 Å². The maximum Gasteiger partial charge on any atom is 0.248 e. The summed E-state index contributed by atoms with van der Waals surface area (Å²) in [5.41, 5.74) is 2.10. The van der Waals surface area contributed by atoms with Gasteiger partial charge in [-0.15, -0.1) is 36.4 Å². The SMILES string of the molecule is C#CC.C/C=C\c1c(CC)[c-]cn1C1CCC(=O)NC1=O.CC.[Re]. The summed E-state index contributed by atoms with van der Waals surface area (Å²) in [6.45, 7) is 9.66. The van der Waals surface area contributed by atoms with Gasteiger partial charge in [-0.2, -0.15) is 5.56 Å². The predicted molar refractivity (Wildman–Crippen MR) is 94.6 cm³/mol. The molecule has 0 aliphatic carbocycles. The number of imide groups is 1. The van der Waals surface area contributed by atoms with Gasteiger partial charge in [-0.05, 0) is 20.3 Å². The summed E-state index contributed by atoms with van der Waals surface area (Å²) in [4.78, 5) is 23.0. The number of nitrogens with zero attached hydrogens (tertiary/aromatic N) is 1. The first-order valence-electron chi connectivity index (χ1n) is 8.04. The molecule has 1 aromatic rings. The maximum absolute atomic E-state index is 11.9. The number of hydrogen-bond acceptors (Lipinski definition) is 2. The average Bonchev–Trinajstić information content (AvgIpc) is 2.93. The van der Waals surface area contributed by atoms with Crippen LogP contribution in [-0.2, 0) is 36.4 Å². The summed E-state index contributed by atoms with van der Waals surface area (Å²) in [5, 5.41) is 2.39. The average molecular weight is 502 g/mol. The molecule has 0 bridgehead atoms. The number of carbonyl (C=O) groups is 2. The summed E-state index contributed by atoms with van der Waals surface area (Å²) in [5.74, 6) is 1.85. The largest absolute Gasteiger partial charge is 0.432 e. The number of hydrogen-bond donors (Lipinski definition) is 1. The quantitative estimate of drug-likeness (QED) is 0.392. The van der Waals surface area contributed by atoms with Gasteiger partial charge in [0, 0.05) is 26.8 Å². The molecule has 1 aromatic heterocycles. The zero-order valence-electron chi connectivity index (χ0n) is 15.1. The van der Waals surface area contributed by atoms with Crippen molar-refractivity contribution in [1.82, 2.24) is 9.88 Å². The number of amides is 2. The predicted octanol–water partition coefficient (Wildman–Crippen LogP) is 3.52. The minimum Gasteiger partial charge on any atom is -0.432 e. The third-order valence-electron chi connectivity index (χ3n) is 3.19. The molecule has 1 radical (unpaired) electrons. The van der Waals surface area contributed by atoms with E-state index in [-0.39, 0.29) is 38.3 Å². The van der Waals surface area contributed by atoms with Crippen molar-refractivity contribution in [3.05, 3.63) is 29.6 Å². The molecule has 0 aromatic carbocycles. The van der Waals surface area contributed by atoms with Gasteiger partial charge in [0.25, 0.3) is 0 Å². The van der Waals surface area contributed by atoms with Crippen LogP contribution in [0.2, 0.25) is 0 Å². The molecule has 1 atom stereocenters. The molecule has 24 heavy (non-hydrogen) atoms. The van der Waals surface area contributed by atoms with E-state index in [9.17, 15) is 9.59 Å². The van der Waals surface area contributed by atoms with E-state index in [4.69, 9.17) is 0 Å². The molecule has 1 aliphatic heterocycles. The molecular weight excluding hydrogens is 474 g/mol. The molecule has 2 heterocycles. The van der Waals surface area contributed by atoms with E-state index < -0.39 is 0 Å². The third kappa shape index (κ3) is 6.87. The molecule has 4 nitrogen and oxygen atoms in total. The number of allylic oxidation sites excluding steroid dienone is 1.